The average molecular weight is 343 g/mol. The van der Waals surface area contributed by atoms with E-state index in [2.05, 4.69) is 5.32 Å². The number of nitrogens with one attached hydrogen (secondary N) is 1. The van der Waals surface area contributed by atoms with Crippen molar-refractivity contribution in [2.45, 2.75) is 50.1 Å². The Kier molecular flexibility index (Phi) is 5.10. The molecular formula is C17H20F3NO3. The standard InChI is InChI=1S/C17H20F3NO3/c18-17(19,20)12-3-1-11(2-4-12)9-16(22)21-13-5-6-14-15(10-13)24-8-7-23-14/h1-4,13-15H,5-10H2,(H,21,22)/t13-,14-,15-/m1/s1. The summed E-state index contributed by atoms with van der Waals surface area (Å²) >= 11 is 0. The Morgan fingerprint density at radius 1 is 1.08 bits per heavy atom. The molecule has 3 rings (SSSR count). The van der Waals surface area contributed by atoms with E-state index >= 15 is 0 Å². The Hall–Kier alpha value is -1.60. The third-order valence-electron chi connectivity index (χ3n) is 4.49. The monoisotopic (exact) mass is 343 g/mol. The van der Waals surface area contributed by atoms with Gasteiger partial charge in [-0.15, -0.1) is 0 Å². The summed E-state index contributed by atoms with van der Waals surface area (Å²) in [5, 5.41) is 2.95. The molecule has 2 fully saturated rings. The fraction of sp³-hybridized carbons (Fsp3) is 0.588. The summed E-state index contributed by atoms with van der Waals surface area (Å²) in [4.78, 5) is 12.1. The van der Waals surface area contributed by atoms with Gasteiger partial charge in [-0.2, -0.15) is 13.2 Å². The van der Waals surface area contributed by atoms with E-state index in [-0.39, 0.29) is 30.6 Å². The molecule has 4 nitrogen and oxygen atoms in total. The van der Waals surface area contributed by atoms with Gasteiger partial charge >= 0.3 is 6.18 Å². The Bertz CT molecular complexity index is 573. The molecule has 7 heteroatoms. The number of benzene rings is 1. The van der Waals surface area contributed by atoms with Crippen molar-refractivity contribution in [3.8, 4) is 0 Å². The average Bonchev–Trinajstić information content (AvgIpc) is 2.54. The number of amides is 1. The van der Waals surface area contributed by atoms with Gasteiger partial charge < -0.3 is 14.8 Å². The Balaban J connectivity index is 1.50. The van der Waals surface area contributed by atoms with E-state index < -0.39 is 11.7 Å². The van der Waals surface area contributed by atoms with Crippen LogP contribution in [-0.2, 0) is 26.9 Å². The van der Waals surface area contributed by atoms with E-state index in [1.807, 2.05) is 0 Å². The van der Waals surface area contributed by atoms with Crippen molar-refractivity contribution in [1.29, 1.82) is 0 Å². The predicted molar refractivity (Wildman–Crippen MR) is 80.4 cm³/mol. The van der Waals surface area contributed by atoms with Gasteiger partial charge in [-0.05, 0) is 37.0 Å². The van der Waals surface area contributed by atoms with Crippen molar-refractivity contribution in [2.24, 2.45) is 0 Å². The molecule has 0 bridgehead atoms. The maximum atomic E-state index is 12.5. The van der Waals surface area contributed by atoms with Gasteiger partial charge in [0.25, 0.3) is 0 Å². The van der Waals surface area contributed by atoms with Crippen molar-refractivity contribution in [1.82, 2.24) is 5.32 Å². The van der Waals surface area contributed by atoms with Crippen molar-refractivity contribution < 1.29 is 27.4 Å². The lowest BCUT2D eigenvalue weighted by molar-refractivity contribution is -0.158. The smallest absolute Gasteiger partial charge is 0.373 e. The molecule has 1 aliphatic heterocycles. The van der Waals surface area contributed by atoms with Crippen LogP contribution >= 0.6 is 0 Å². The lowest BCUT2D eigenvalue weighted by Crippen LogP contribution is -2.49. The van der Waals surface area contributed by atoms with Crippen molar-refractivity contribution in [3.05, 3.63) is 35.4 Å². The Morgan fingerprint density at radius 3 is 2.42 bits per heavy atom. The molecule has 0 spiro atoms. The number of halogens is 3. The zero-order valence-electron chi connectivity index (χ0n) is 13.1. The van der Waals surface area contributed by atoms with E-state index in [0.717, 1.165) is 25.0 Å². The molecule has 0 aromatic heterocycles. The second kappa shape index (κ2) is 7.11. The van der Waals surface area contributed by atoms with Gasteiger partial charge in [0.15, 0.2) is 0 Å². The van der Waals surface area contributed by atoms with Crippen LogP contribution in [-0.4, -0.2) is 37.4 Å². The highest BCUT2D eigenvalue weighted by atomic mass is 19.4. The quantitative estimate of drug-likeness (QED) is 0.918. The maximum Gasteiger partial charge on any atom is 0.416 e. The fourth-order valence-electron chi connectivity index (χ4n) is 3.27. The van der Waals surface area contributed by atoms with Gasteiger partial charge in [0.05, 0.1) is 37.4 Å². The minimum Gasteiger partial charge on any atom is -0.373 e. The van der Waals surface area contributed by atoms with Crippen molar-refractivity contribution >= 4 is 5.91 Å². The first-order valence-electron chi connectivity index (χ1n) is 8.10. The fourth-order valence-corrected chi connectivity index (χ4v) is 3.27. The number of alkyl halides is 3. The van der Waals surface area contributed by atoms with Gasteiger partial charge in [-0.1, -0.05) is 12.1 Å². The van der Waals surface area contributed by atoms with Gasteiger partial charge in [-0.25, -0.2) is 0 Å². The molecule has 2 aliphatic rings. The lowest BCUT2D eigenvalue weighted by atomic mass is 9.89. The highest BCUT2D eigenvalue weighted by Gasteiger charge is 2.34. The van der Waals surface area contributed by atoms with E-state index in [9.17, 15) is 18.0 Å². The van der Waals surface area contributed by atoms with Crippen LogP contribution in [0.25, 0.3) is 0 Å². The molecule has 1 amide bonds. The first kappa shape index (κ1) is 17.2. The zero-order valence-corrected chi connectivity index (χ0v) is 13.1. The van der Waals surface area contributed by atoms with Crippen molar-refractivity contribution in [3.63, 3.8) is 0 Å². The highest BCUT2D eigenvalue weighted by Crippen LogP contribution is 2.29. The molecule has 1 aromatic carbocycles. The van der Waals surface area contributed by atoms with E-state index in [1.54, 1.807) is 0 Å². The molecule has 3 atom stereocenters. The first-order chi connectivity index (χ1) is 11.4. The summed E-state index contributed by atoms with van der Waals surface area (Å²) in [5.41, 5.74) is -0.147. The Morgan fingerprint density at radius 2 is 1.75 bits per heavy atom. The summed E-state index contributed by atoms with van der Waals surface area (Å²) in [6.45, 7) is 1.19. The number of fused-ring (bicyclic) bond motifs is 1. The van der Waals surface area contributed by atoms with Gasteiger partial charge in [0, 0.05) is 6.04 Å². The van der Waals surface area contributed by atoms with E-state index in [4.69, 9.17) is 9.47 Å². The van der Waals surface area contributed by atoms with Crippen LogP contribution in [0.3, 0.4) is 0 Å². The number of carbonyl (C=O) groups excluding carboxylic acids is 1. The molecule has 0 unspecified atom stereocenters. The summed E-state index contributed by atoms with van der Waals surface area (Å²) in [6.07, 6.45) is -1.78. The summed E-state index contributed by atoms with van der Waals surface area (Å²) in [5.74, 6) is -0.185. The Labute approximate surface area is 138 Å². The summed E-state index contributed by atoms with van der Waals surface area (Å²) < 4.78 is 48.9. The maximum absolute atomic E-state index is 12.5. The predicted octanol–water partition coefficient (Wildman–Crippen LogP) is 2.70. The second-order valence-corrected chi connectivity index (χ2v) is 6.27. The van der Waals surface area contributed by atoms with E-state index in [1.165, 1.54) is 12.1 Å². The third-order valence-corrected chi connectivity index (χ3v) is 4.49. The van der Waals surface area contributed by atoms with E-state index in [0.29, 0.717) is 25.2 Å². The molecular weight excluding hydrogens is 323 g/mol. The molecule has 1 aromatic rings. The van der Waals surface area contributed by atoms with Crippen LogP contribution < -0.4 is 5.32 Å². The van der Waals surface area contributed by atoms with Gasteiger partial charge in [0.2, 0.25) is 5.91 Å². The molecule has 1 saturated heterocycles. The van der Waals surface area contributed by atoms with Gasteiger partial charge in [0.1, 0.15) is 0 Å². The summed E-state index contributed by atoms with van der Waals surface area (Å²) in [6, 6.07) is 4.71. The molecule has 1 aliphatic carbocycles. The van der Waals surface area contributed by atoms with Crippen LogP contribution in [0, 0.1) is 0 Å². The SMILES string of the molecule is O=C(Cc1ccc(C(F)(F)F)cc1)N[C@@H]1CC[C@H]2OCCO[C@@H]2C1. The van der Waals surface area contributed by atoms with Crippen LogP contribution in [0.5, 0.6) is 0 Å². The largest absolute Gasteiger partial charge is 0.416 e. The molecule has 1 heterocycles. The topological polar surface area (TPSA) is 47.6 Å². The summed E-state index contributed by atoms with van der Waals surface area (Å²) in [7, 11) is 0. The number of hydrogen-bond acceptors (Lipinski definition) is 3. The number of ether oxygens (including phenoxy) is 2. The van der Waals surface area contributed by atoms with Crippen LogP contribution in [0.4, 0.5) is 13.2 Å². The molecule has 0 radical (unpaired) electrons. The molecule has 24 heavy (non-hydrogen) atoms. The number of hydrogen-bond donors (Lipinski definition) is 1. The molecule has 1 N–H and O–H groups in total. The zero-order chi connectivity index (χ0) is 17.2. The minimum absolute atomic E-state index is 0.0175. The highest BCUT2D eigenvalue weighted by molar-refractivity contribution is 5.78. The number of rotatable bonds is 3. The van der Waals surface area contributed by atoms with Crippen LogP contribution in [0.15, 0.2) is 24.3 Å². The first-order valence-corrected chi connectivity index (χ1v) is 8.10. The molecule has 1 saturated carbocycles. The number of carbonyl (C=O) groups is 1. The minimum atomic E-state index is -4.36. The van der Waals surface area contributed by atoms with Crippen molar-refractivity contribution in [2.75, 3.05) is 13.2 Å². The molecule has 132 valence electrons. The third kappa shape index (κ3) is 4.27. The normalized spacial score (nSPS) is 27.4. The van der Waals surface area contributed by atoms with Gasteiger partial charge in [-0.3, -0.25) is 4.79 Å². The second-order valence-electron chi connectivity index (χ2n) is 6.27. The van der Waals surface area contributed by atoms with Crippen LogP contribution in [0.1, 0.15) is 30.4 Å². The van der Waals surface area contributed by atoms with Crippen LogP contribution in [0.2, 0.25) is 0 Å². The lowest BCUT2D eigenvalue weighted by Gasteiger charge is -2.39.